The molecule has 0 aromatic heterocycles. The van der Waals surface area contributed by atoms with E-state index in [9.17, 15) is 0 Å². The molecule has 4 aliphatic carbocycles. The van der Waals surface area contributed by atoms with Crippen molar-refractivity contribution in [3.05, 3.63) is 210 Å². The standard InChI is InChI=1S/C54H32/c1-4-31-10-13-37-16-22-43(46-25-19-34(7-1)49(31)52(37)46)40-28-41(44-23-17-38-14-11-32-5-2-8-35-20-26-47(44)53(38)50(32)35)30-42(29-40)45-24-18-39-15-12-33-6-3-9-36-21-27-48(45)54(39)51(33)36/h1-30,49,52H. The average molecular weight is 681 g/mol. The lowest BCUT2D eigenvalue weighted by Gasteiger charge is -2.40. The van der Waals surface area contributed by atoms with Crippen LogP contribution in [0.2, 0.25) is 0 Å². The summed E-state index contributed by atoms with van der Waals surface area (Å²) in [7, 11) is 0. The van der Waals surface area contributed by atoms with Gasteiger partial charge in [-0.15, -0.1) is 0 Å². The van der Waals surface area contributed by atoms with Gasteiger partial charge in [-0.25, -0.2) is 0 Å². The van der Waals surface area contributed by atoms with Crippen LogP contribution in [-0.2, 0) is 0 Å². The van der Waals surface area contributed by atoms with E-state index >= 15 is 0 Å². The molecule has 54 heavy (non-hydrogen) atoms. The van der Waals surface area contributed by atoms with E-state index in [4.69, 9.17) is 0 Å². The van der Waals surface area contributed by atoms with Crippen LogP contribution in [0.4, 0.5) is 0 Å². The molecule has 0 amide bonds. The maximum atomic E-state index is 2.46. The molecule has 0 heterocycles. The Bertz CT molecular complexity index is 3170. The van der Waals surface area contributed by atoms with Crippen LogP contribution in [0.1, 0.15) is 5.56 Å². The smallest absolute Gasteiger partial charge is 0.0205 e. The summed E-state index contributed by atoms with van der Waals surface area (Å²) in [6.07, 6.45) is 21.0. The minimum Gasteiger partial charge on any atom is -0.0617 e. The number of allylic oxidation sites excluding steroid dienone is 14. The van der Waals surface area contributed by atoms with Gasteiger partial charge in [0.1, 0.15) is 0 Å². The Labute approximate surface area is 313 Å². The van der Waals surface area contributed by atoms with Crippen molar-refractivity contribution in [1.82, 2.24) is 0 Å². The van der Waals surface area contributed by atoms with Gasteiger partial charge in [0.15, 0.2) is 0 Å². The topological polar surface area (TPSA) is 0 Å². The summed E-state index contributed by atoms with van der Waals surface area (Å²) in [5.74, 6) is 0.690. The van der Waals surface area contributed by atoms with Crippen LogP contribution in [0.5, 0.6) is 0 Å². The van der Waals surface area contributed by atoms with Gasteiger partial charge in [0, 0.05) is 11.8 Å². The molecule has 0 saturated carbocycles. The van der Waals surface area contributed by atoms with Crippen molar-refractivity contribution < 1.29 is 0 Å². The molecule has 9 aromatic rings. The summed E-state index contributed by atoms with van der Waals surface area (Å²) < 4.78 is 0. The van der Waals surface area contributed by atoms with Gasteiger partial charge < -0.3 is 0 Å². The van der Waals surface area contributed by atoms with Crippen LogP contribution in [-0.4, -0.2) is 0 Å². The number of rotatable bonds is 3. The minimum atomic E-state index is 0.322. The van der Waals surface area contributed by atoms with Crippen molar-refractivity contribution >= 4 is 70.2 Å². The van der Waals surface area contributed by atoms with Crippen LogP contribution >= 0.6 is 0 Å². The van der Waals surface area contributed by atoms with Crippen molar-refractivity contribution in [3.8, 4) is 22.3 Å². The molecule has 0 saturated heterocycles. The Balaban J connectivity index is 1.11. The number of hydrogen-bond acceptors (Lipinski definition) is 0. The van der Waals surface area contributed by atoms with E-state index in [2.05, 4.69) is 182 Å². The Morgan fingerprint density at radius 3 is 1.39 bits per heavy atom. The molecular formula is C54H32. The third-order valence-electron chi connectivity index (χ3n) is 12.9. The van der Waals surface area contributed by atoms with Gasteiger partial charge in [-0.2, -0.15) is 0 Å². The second-order valence-electron chi connectivity index (χ2n) is 15.6. The van der Waals surface area contributed by atoms with E-state index in [1.165, 1.54) is 120 Å². The molecule has 248 valence electrons. The van der Waals surface area contributed by atoms with Crippen LogP contribution in [0.15, 0.2) is 204 Å². The quantitative estimate of drug-likeness (QED) is 0.163. The minimum absolute atomic E-state index is 0.322. The first-order valence-corrected chi connectivity index (χ1v) is 19.1. The summed E-state index contributed by atoms with van der Waals surface area (Å²) in [5.41, 5.74) is 13.3. The number of benzene rings is 9. The first-order valence-electron chi connectivity index (χ1n) is 19.1. The first-order chi connectivity index (χ1) is 26.7. The molecule has 4 aliphatic rings. The van der Waals surface area contributed by atoms with Gasteiger partial charge in [0.05, 0.1) is 0 Å². The van der Waals surface area contributed by atoms with E-state index in [1.54, 1.807) is 0 Å². The van der Waals surface area contributed by atoms with E-state index in [1.807, 2.05) is 0 Å². The molecular weight excluding hydrogens is 649 g/mol. The molecule has 0 radical (unpaired) electrons. The zero-order valence-electron chi connectivity index (χ0n) is 29.5. The fourth-order valence-electron chi connectivity index (χ4n) is 10.5. The molecule has 0 aliphatic heterocycles. The molecule has 0 spiro atoms. The second-order valence-corrected chi connectivity index (χ2v) is 15.6. The maximum Gasteiger partial charge on any atom is 0.0205 e. The lowest BCUT2D eigenvalue weighted by atomic mass is 9.63. The monoisotopic (exact) mass is 680 g/mol. The third-order valence-corrected chi connectivity index (χ3v) is 12.9. The molecule has 0 fully saturated rings. The summed E-state index contributed by atoms with van der Waals surface area (Å²) in [4.78, 5) is 0. The highest BCUT2D eigenvalue weighted by Gasteiger charge is 2.38. The van der Waals surface area contributed by atoms with E-state index in [0.717, 1.165) is 0 Å². The van der Waals surface area contributed by atoms with Crippen molar-refractivity contribution in [3.63, 3.8) is 0 Å². The Kier molecular flexibility index (Phi) is 5.56. The normalized spacial score (nSPS) is 18.8. The van der Waals surface area contributed by atoms with Crippen molar-refractivity contribution in [2.24, 2.45) is 11.8 Å². The predicted molar refractivity (Wildman–Crippen MR) is 230 cm³/mol. The van der Waals surface area contributed by atoms with Crippen molar-refractivity contribution in [2.45, 2.75) is 0 Å². The van der Waals surface area contributed by atoms with Crippen LogP contribution < -0.4 is 0 Å². The fraction of sp³-hybridized carbons (Fsp3) is 0.0370. The first kappa shape index (κ1) is 28.8. The highest BCUT2D eigenvalue weighted by Crippen LogP contribution is 2.52. The molecule has 0 nitrogen and oxygen atoms in total. The van der Waals surface area contributed by atoms with Gasteiger partial charge >= 0.3 is 0 Å². The summed E-state index contributed by atoms with van der Waals surface area (Å²) in [5, 5.41) is 15.8. The van der Waals surface area contributed by atoms with Crippen LogP contribution in [0, 0.1) is 11.8 Å². The Morgan fingerprint density at radius 1 is 0.333 bits per heavy atom. The van der Waals surface area contributed by atoms with Gasteiger partial charge in [-0.05, 0) is 139 Å². The predicted octanol–water partition coefficient (Wildman–Crippen LogP) is 14.3. The summed E-state index contributed by atoms with van der Waals surface area (Å²) in [6.45, 7) is 0. The summed E-state index contributed by atoms with van der Waals surface area (Å²) >= 11 is 0. The molecule has 9 aromatic carbocycles. The van der Waals surface area contributed by atoms with E-state index in [-0.39, 0.29) is 0 Å². The van der Waals surface area contributed by atoms with Crippen LogP contribution in [0.25, 0.3) is 92.5 Å². The van der Waals surface area contributed by atoms with Gasteiger partial charge in [-0.1, -0.05) is 164 Å². The Hall–Kier alpha value is -6.76. The molecule has 0 bridgehead atoms. The lowest BCUT2D eigenvalue weighted by Crippen LogP contribution is -2.29. The van der Waals surface area contributed by atoms with Crippen molar-refractivity contribution in [1.29, 1.82) is 0 Å². The lowest BCUT2D eigenvalue weighted by molar-refractivity contribution is 0.566. The molecule has 13 rings (SSSR count). The third kappa shape index (κ3) is 3.82. The van der Waals surface area contributed by atoms with E-state index in [0.29, 0.717) is 11.8 Å². The van der Waals surface area contributed by atoms with Gasteiger partial charge in [-0.3, -0.25) is 0 Å². The Morgan fingerprint density at radius 2 is 0.796 bits per heavy atom. The van der Waals surface area contributed by atoms with Gasteiger partial charge in [0.25, 0.3) is 0 Å². The SMILES string of the molecule is C1=CC2=CC=C3C=CC(c4cc(-c5ccc6ccc7cccc8ccc5c6c78)cc(-c5ccc6ccc7cccc8ccc5c6c78)c4)=C4C=CC(=C1)C2C34. The number of hydrogen-bond donors (Lipinski definition) is 0. The average Bonchev–Trinajstić information content (AvgIpc) is 3.23. The van der Waals surface area contributed by atoms with Crippen LogP contribution in [0.3, 0.4) is 0 Å². The van der Waals surface area contributed by atoms with E-state index < -0.39 is 0 Å². The zero-order chi connectivity index (χ0) is 35.1. The molecule has 2 unspecified atom stereocenters. The largest absolute Gasteiger partial charge is 0.0617 e. The molecule has 2 atom stereocenters. The molecule has 0 heteroatoms. The second kappa shape index (κ2) is 10.4. The molecule has 0 N–H and O–H groups in total. The highest BCUT2D eigenvalue weighted by molar-refractivity contribution is 6.27. The fourth-order valence-corrected chi connectivity index (χ4v) is 10.5. The van der Waals surface area contributed by atoms with Crippen molar-refractivity contribution in [2.75, 3.05) is 0 Å². The van der Waals surface area contributed by atoms with Gasteiger partial charge in [0.2, 0.25) is 0 Å². The summed E-state index contributed by atoms with van der Waals surface area (Å²) in [6, 6.07) is 48.6. The highest BCUT2D eigenvalue weighted by atomic mass is 14.4. The zero-order valence-corrected chi connectivity index (χ0v) is 29.5. The maximum absolute atomic E-state index is 2.46.